The highest BCUT2D eigenvalue weighted by atomic mass is 16.7. The van der Waals surface area contributed by atoms with Gasteiger partial charge in [0.15, 0.2) is 17.3 Å². The zero-order valence-electron chi connectivity index (χ0n) is 18.5. The average Bonchev–Trinajstić information content (AvgIpc) is 3.23. The number of rotatable bonds is 3. The quantitative estimate of drug-likeness (QED) is 0.227. The zero-order chi connectivity index (χ0) is 23.8. The van der Waals surface area contributed by atoms with Crippen molar-refractivity contribution in [2.45, 2.75) is 52.7 Å². The van der Waals surface area contributed by atoms with Crippen molar-refractivity contribution < 1.29 is 33.1 Å². The van der Waals surface area contributed by atoms with Crippen LogP contribution in [0, 0.1) is 10.1 Å². The van der Waals surface area contributed by atoms with Crippen LogP contribution in [0.25, 0.3) is 22.6 Å². The SMILES string of the molecule is CC(C)(C)OC(=O)Oc1cccc2nc(-c3ccc([N+](=O)[O-])o3)n(C(=O)OC(C)(C)C)c12. The van der Waals surface area contributed by atoms with E-state index in [0.29, 0.717) is 0 Å². The summed E-state index contributed by atoms with van der Waals surface area (Å²) in [5.74, 6) is -0.625. The molecule has 0 radical (unpaired) electrons. The van der Waals surface area contributed by atoms with Gasteiger partial charge < -0.3 is 18.6 Å². The number of fused-ring (bicyclic) bond motifs is 1. The lowest BCUT2D eigenvalue weighted by Gasteiger charge is -2.21. The first-order chi connectivity index (χ1) is 14.7. The van der Waals surface area contributed by atoms with E-state index in [2.05, 4.69) is 4.98 Å². The number of nitrogens with zero attached hydrogens (tertiary/aromatic N) is 3. The summed E-state index contributed by atoms with van der Waals surface area (Å²) in [7, 11) is 0. The Balaban J connectivity index is 2.18. The molecule has 0 fully saturated rings. The lowest BCUT2D eigenvalue weighted by Crippen LogP contribution is -2.28. The first-order valence-corrected chi connectivity index (χ1v) is 9.65. The van der Waals surface area contributed by atoms with Gasteiger partial charge in [-0.25, -0.2) is 19.1 Å². The number of ether oxygens (including phenoxy) is 3. The van der Waals surface area contributed by atoms with Crippen LogP contribution in [0.1, 0.15) is 41.5 Å². The Morgan fingerprint density at radius 3 is 2.25 bits per heavy atom. The molecule has 0 saturated heterocycles. The molecule has 0 aliphatic rings. The molecular weight excluding hydrogens is 422 g/mol. The lowest BCUT2D eigenvalue weighted by atomic mass is 10.2. The summed E-state index contributed by atoms with van der Waals surface area (Å²) in [5.41, 5.74) is -1.27. The van der Waals surface area contributed by atoms with Crippen LogP contribution in [0.4, 0.5) is 15.5 Å². The first-order valence-electron chi connectivity index (χ1n) is 9.65. The van der Waals surface area contributed by atoms with E-state index in [-0.39, 0.29) is 28.4 Å². The molecule has 0 spiro atoms. The van der Waals surface area contributed by atoms with Gasteiger partial charge in [-0.15, -0.1) is 0 Å². The average molecular weight is 445 g/mol. The van der Waals surface area contributed by atoms with Gasteiger partial charge in [0.05, 0.1) is 11.6 Å². The fourth-order valence-electron chi connectivity index (χ4n) is 2.74. The van der Waals surface area contributed by atoms with Gasteiger partial charge in [0, 0.05) is 0 Å². The molecule has 2 heterocycles. The van der Waals surface area contributed by atoms with Crippen molar-refractivity contribution in [3.8, 4) is 17.3 Å². The highest BCUT2D eigenvalue weighted by molar-refractivity contribution is 5.95. The van der Waals surface area contributed by atoms with Crippen molar-refractivity contribution in [2.24, 2.45) is 0 Å². The molecule has 0 saturated carbocycles. The molecule has 170 valence electrons. The molecule has 0 aliphatic heterocycles. The van der Waals surface area contributed by atoms with Gasteiger partial charge in [-0.05, 0) is 59.7 Å². The van der Waals surface area contributed by atoms with Crippen LogP contribution in [0.15, 0.2) is 34.7 Å². The van der Waals surface area contributed by atoms with E-state index in [0.717, 1.165) is 10.6 Å². The standard InChI is InChI=1S/C21H23N3O8/c1-20(2,3)31-18(25)23-16-12(22-17(23)14-10-11-15(29-14)24(27)28)8-7-9-13(16)30-19(26)32-21(4,5)6/h7-11H,1-6H3. The number of hydrogen-bond acceptors (Lipinski definition) is 9. The number of imidazole rings is 1. The van der Waals surface area contributed by atoms with E-state index in [1.54, 1.807) is 53.7 Å². The number of benzene rings is 1. The predicted molar refractivity (Wildman–Crippen MR) is 113 cm³/mol. The molecule has 0 bridgehead atoms. The molecule has 0 atom stereocenters. The maximum absolute atomic E-state index is 13.1. The molecule has 3 aromatic rings. The molecule has 3 rings (SSSR count). The number of nitro groups is 1. The van der Waals surface area contributed by atoms with Gasteiger partial charge in [-0.2, -0.15) is 0 Å². The third kappa shape index (κ3) is 5.05. The molecular formula is C21H23N3O8. The minimum atomic E-state index is -0.975. The van der Waals surface area contributed by atoms with Gasteiger partial charge in [-0.1, -0.05) is 6.07 Å². The topological polar surface area (TPSA) is 136 Å². The van der Waals surface area contributed by atoms with Gasteiger partial charge >= 0.3 is 18.1 Å². The highest BCUT2D eigenvalue weighted by Crippen LogP contribution is 2.34. The minimum Gasteiger partial charge on any atom is -0.443 e. The monoisotopic (exact) mass is 445 g/mol. The maximum Gasteiger partial charge on any atom is 0.514 e. The van der Waals surface area contributed by atoms with Gasteiger partial charge in [0.1, 0.15) is 21.6 Å². The second-order valence-corrected chi connectivity index (χ2v) is 8.84. The zero-order valence-corrected chi connectivity index (χ0v) is 18.5. The summed E-state index contributed by atoms with van der Waals surface area (Å²) in [6, 6.07) is 7.08. The van der Waals surface area contributed by atoms with Crippen LogP contribution < -0.4 is 4.74 Å². The molecule has 0 unspecified atom stereocenters. The maximum atomic E-state index is 13.1. The minimum absolute atomic E-state index is 0.0117. The number of carbonyl (C=O) groups excluding carboxylic acids is 2. The Bertz CT molecular complexity index is 1190. The number of para-hydroxylation sites is 1. The molecule has 32 heavy (non-hydrogen) atoms. The normalized spacial score (nSPS) is 11.9. The molecule has 0 aliphatic carbocycles. The summed E-state index contributed by atoms with van der Waals surface area (Å²) in [6.07, 6.45) is -1.81. The second-order valence-electron chi connectivity index (χ2n) is 8.84. The van der Waals surface area contributed by atoms with Crippen LogP contribution in [-0.4, -0.2) is 37.9 Å². The van der Waals surface area contributed by atoms with Crippen molar-refractivity contribution in [3.05, 3.63) is 40.4 Å². The summed E-state index contributed by atoms with van der Waals surface area (Å²) in [5, 5.41) is 11.0. The Morgan fingerprint density at radius 2 is 1.69 bits per heavy atom. The number of furan rings is 1. The van der Waals surface area contributed by atoms with E-state index in [9.17, 15) is 19.7 Å². The van der Waals surface area contributed by atoms with Gasteiger partial charge in [-0.3, -0.25) is 10.1 Å². The van der Waals surface area contributed by atoms with Crippen molar-refractivity contribution in [2.75, 3.05) is 0 Å². The third-order valence-electron chi connectivity index (χ3n) is 3.79. The van der Waals surface area contributed by atoms with E-state index < -0.39 is 34.3 Å². The van der Waals surface area contributed by atoms with Crippen molar-refractivity contribution in [1.82, 2.24) is 9.55 Å². The predicted octanol–water partition coefficient (Wildman–Crippen LogP) is 5.30. The summed E-state index contributed by atoms with van der Waals surface area (Å²) >= 11 is 0. The molecule has 2 aromatic heterocycles. The summed E-state index contributed by atoms with van der Waals surface area (Å²) in [4.78, 5) is 40.0. The van der Waals surface area contributed by atoms with Crippen LogP contribution in [0.2, 0.25) is 0 Å². The van der Waals surface area contributed by atoms with Crippen LogP contribution in [0.3, 0.4) is 0 Å². The molecule has 11 nitrogen and oxygen atoms in total. The summed E-state index contributed by atoms with van der Waals surface area (Å²) in [6.45, 7) is 10.1. The fourth-order valence-corrected chi connectivity index (χ4v) is 2.74. The van der Waals surface area contributed by atoms with E-state index >= 15 is 0 Å². The number of aromatic nitrogens is 2. The van der Waals surface area contributed by atoms with Crippen LogP contribution in [0.5, 0.6) is 5.75 Å². The van der Waals surface area contributed by atoms with Crippen molar-refractivity contribution in [3.63, 3.8) is 0 Å². The molecule has 0 N–H and O–H groups in total. The third-order valence-corrected chi connectivity index (χ3v) is 3.79. The largest absolute Gasteiger partial charge is 0.514 e. The van der Waals surface area contributed by atoms with Gasteiger partial charge in [0.2, 0.25) is 0 Å². The van der Waals surface area contributed by atoms with E-state index in [4.69, 9.17) is 18.6 Å². The first kappa shape index (κ1) is 22.8. The smallest absolute Gasteiger partial charge is 0.443 e. The Hall–Kier alpha value is -3.89. The highest BCUT2D eigenvalue weighted by Gasteiger charge is 2.29. The van der Waals surface area contributed by atoms with Crippen LogP contribution >= 0.6 is 0 Å². The Kier molecular flexibility index (Phi) is 5.69. The Morgan fingerprint density at radius 1 is 1.03 bits per heavy atom. The Labute approximate surface area is 183 Å². The van der Waals surface area contributed by atoms with E-state index in [1.165, 1.54) is 12.1 Å². The second kappa shape index (κ2) is 7.98. The fraction of sp³-hybridized carbons (Fsp3) is 0.381. The lowest BCUT2D eigenvalue weighted by molar-refractivity contribution is -0.401. The van der Waals surface area contributed by atoms with E-state index in [1.807, 2.05) is 0 Å². The van der Waals surface area contributed by atoms with Crippen molar-refractivity contribution in [1.29, 1.82) is 0 Å². The van der Waals surface area contributed by atoms with Crippen LogP contribution in [-0.2, 0) is 9.47 Å². The molecule has 0 amide bonds. The summed E-state index contributed by atoms with van der Waals surface area (Å²) < 4.78 is 22.3. The molecule has 1 aromatic carbocycles. The van der Waals surface area contributed by atoms with Gasteiger partial charge in [0.25, 0.3) is 0 Å². The van der Waals surface area contributed by atoms with Crippen molar-refractivity contribution >= 4 is 29.2 Å². The molecule has 11 heteroatoms. The number of carbonyl (C=O) groups is 2. The number of hydrogen-bond donors (Lipinski definition) is 0.